The molecule has 26 heavy (non-hydrogen) atoms. The topological polar surface area (TPSA) is 74.7 Å². The highest BCUT2D eigenvalue weighted by molar-refractivity contribution is 8.13. The van der Waals surface area contributed by atoms with Gasteiger partial charge in [-0.25, -0.2) is 4.79 Å². The van der Waals surface area contributed by atoms with Gasteiger partial charge in [0.1, 0.15) is 6.04 Å². The van der Waals surface area contributed by atoms with Crippen molar-refractivity contribution in [2.75, 3.05) is 12.3 Å². The number of thioether (sulfide) groups is 1. The van der Waals surface area contributed by atoms with E-state index in [4.69, 9.17) is 0 Å². The van der Waals surface area contributed by atoms with Gasteiger partial charge in [-0.1, -0.05) is 30.0 Å². The van der Waals surface area contributed by atoms with Crippen molar-refractivity contribution >= 4 is 34.3 Å². The number of rotatable bonds is 5. The standard InChI is InChI=1S/C17H16F3NO4S/c1-10(22)26-7-6-15(23)21-9-11(8-14(21)16(24)25)12-4-2-3-5-13(12)17(18,19)20/h2-5,8,14H,6-7,9H2,1H3,(H,24,25). The van der Waals surface area contributed by atoms with Crippen LogP contribution < -0.4 is 0 Å². The monoisotopic (exact) mass is 387 g/mol. The van der Waals surface area contributed by atoms with Gasteiger partial charge < -0.3 is 10.0 Å². The van der Waals surface area contributed by atoms with E-state index in [1.165, 1.54) is 31.2 Å². The van der Waals surface area contributed by atoms with Gasteiger partial charge in [-0.2, -0.15) is 13.2 Å². The van der Waals surface area contributed by atoms with Crippen LogP contribution in [0.4, 0.5) is 13.2 Å². The largest absolute Gasteiger partial charge is 0.479 e. The third-order valence-corrected chi connectivity index (χ3v) is 4.62. The molecule has 1 aliphatic heterocycles. The Morgan fingerprint density at radius 3 is 2.50 bits per heavy atom. The molecule has 0 saturated carbocycles. The third-order valence-electron chi connectivity index (χ3n) is 3.81. The summed E-state index contributed by atoms with van der Waals surface area (Å²) in [5.74, 6) is -1.66. The van der Waals surface area contributed by atoms with Crippen molar-refractivity contribution in [1.82, 2.24) is 4.90 Å². The summed E-state index contributed by atoms with van der Waals surface area (Å²) in [7, 11) is 0. The molecule has 1 heterocycles. The van der Waals surface area contributed by atoms with Crippen molar-refractivity contribution in [3.05, 3.63) is 41.5 Å². The lowest BCUT2D eigenvalue weighted by atomic mass is 9.99. The Morgan fingerprint density at radius 1 is 1.27 bits per heavy atom. The molecule has 5 nitrogen and oxygen atoms in total. The number of carbonyl (C=O) groups excluding carboxylic acids is 2. The fraction of sp³-hybridized carbons (Fsp3) is 0.353. The van der Waals surface area contributed by atoms with Crippen molar-refractivity contribution in [3.8, 4) is 0 Å². The van der Waals surface area contributed by atoms with E-state index in [0.717, 1.165) is 22.7 Å². The first-order chi connectivity index (χ1) is 12.1. The molecule has 0 saturated heterocycles. The van der Waals surface area contributed by atoms with Gasteiger partial charge in [0.2, 0.25) is 5.91 Å². The molecule has 0 radical (unpaired) electrons. The normalized spacial score (nSPS) is 17.2. The maximum atomic E-state index is 13.2. The number of aliphatic carboxylic acids is 1. The summed E-state index contributed by atoms with van der Waals surface area (Å²) < 4.78 is 39.6. The second-order valence-electron chi connectivity index (χ2n) is 5.63. The summed E-state index contributed by atoms with van der Waals surface area (Å²) in [6.07, 6.45) is -3.50. The summed E-state index contributed by atoms with van der Waals surface area (Å²) in [5, 5.41) is 9.15. The van der Waals surface area contributed by atoms with Gasteiger partial charge in [0.15, 0.2) is 5.12 Å². The number of carboxylic acids is 1. The SMILES string of the molecule is CC(=O)SCCC(=O)N1CC(c2ccccc2C(F)(F)F)=CC1C(=O)O. The van der Waals surface area contributed by atoms with E-state index in [2.05, 4.69) is 0 Å². The molecule has 1 aliphatic rings. The van der Waals surface area contributed by atoms with Crippen molar-refractivity contribution < 1.29 is 32.7 Å². The Labute approximate surface area is 151 Å². The highest BCUT2D eigenvalue weighted by Crippen LogP contribution is 2.37. The summed E-state index contributed by atoms with van der Waals surface area (Å²) in [5.41, 5.74) is -0.880. The van der Waals surface area contributed by atoms with Crippen LogP contribution in [0.15, 0.2) is 30.3 Å². The van der Waals surface area contributed by atoms with Gasteiger partial charge in [-0.3, -0.25) is 9.59 Å². The van der Waals surface area contributed by atoms with Crippen LogP contribution in [0.1, 0.15) is 24.5 Å². The van der Waals surface area contributed by atoms with Gasteiger partial charge in [-0.15, -0.1) is 0 Å². The maximum absolute atomic E-state index is 13.2. The maximum Gasteiger partial charge on any atom is 0.416 e. The van der Waals surface area contributed by atoms with Crippen LogP contribution in [0.3, 0.4) is 0 Å². The Kier molecular flexibility index (Phi) is 6.12. The van der Waals surface area contributed by atoms with Gasteiger partial charge >= 0.3 is 12.1 Å². The molecule has 0 fully saturated rings. The fourth-order valence-electron chi connectivity index (χ4n) is 2.67. The van der Waals surface area contributed by atoms with Gasteiger partial charge in [0.05, 0.1) is 5.56 Å². The van der Waals surface area contributed by atoms with Crippen LogP contribution in [-0.4, -0.2) is 45.3 Å². The van der Waals surface area contributed by atoms with E-state index in [1.807, 2.05) is 0 Å². The predicted octanol–water partition coefficient (Wildman–Crippen LogP) is 3.05. The number of benzene rings is 1. The molecule has 1 atom stereocenters. The minimum absolute atomic E-state index is 0.0733. The summed E-state index contributed by atoms with van der Waals surface area (Å²) >= 11 is 0.931. The first-order valence-corrected chi connectivity index (χ1v) is 8.62. The Balaban J connectivity index is 2.26. The Bertz CT molecular complexity index is 761. The molecule has 1 aromatic rings. The molecule has 0 aromatic heterocycles. The van der Waals surface area contributed by atoms with Crippen LogP contribution in [0.5, 0.6) is 0 Å². The van der Waals surface area contributed by atoms with Crippen LogP contribution >= 0.6 is 11.8 Å². The number of hydrogen-bond acceptors (Lipinski definition) is 4. The van der Waals surface area contributed by atoms with E-state index in [-0.39, 0.29) is 35.0 Å². The molecule has 140 valence electrons. The van der Waals surface area contributed by atoms with E-state index in [9.17, 15) is 32.7 Å². The summed E-state index contributed by atoms with van der Waals surface area (Å²) in [6, 6.07) is 3.52. The molecule has 2 rings (SSSR count). The fourth-order valence-corrected chi connectivity index (χ4v) is 3.24. The quantitative estimate of drug-likeness (QED) is 0.841. The molecule has 1 amide bonds. The van der Waals surface area contributed by atoms with E-state index in [1.54, 1.807) is 0 Å². The molecule has 9 heteroatoms. The zero-order valence-corrected chi connectivity index (χ0v) is 14.6. The average Bonchev–Trinajstić information content (AvgIpc) is 2.99. The zero-order valence-electron chi connectivity index (χ0n) is 13.7. The summed E-state index contributed by atoms with van der Waals surface area (Å²) in [4.78, 5) is 35.7. The van der Waals surface area contributed by atoms with Crippen molar-refractivity contribution in [2.24, 2.45) is 0 Å². The lowest BCUT2D eigenvalue weighted by molar-refractivity contribution is -0.146. The van der Waals surface area contributed by atoms with Crippen LogP contribution in [0.2, 0.25) is 0 Å². The number of carboxylic acid groups (broad SMARTS) is 1. The van der Waals surface area contributed by atoms with Crippen LogP contribution in [-0.2, 0) is 20.6 Å². The zero-order chi connectivity index (χ0) is 19.5. The Hall–Kier alpha value is -2.29. The van der Waals surface area contributed by atoms with Crippen molar-refractivity contribution in [2.45, 2.75) is 25.6 Å². The third kappa shape index (κ3) is 4.66. The number of amides is 1. The average molecular weight is 387 g/mol. The number of nitrogens with zero attached hydrogens (tertiary/aromatic N) is 1. The molecule has 0 spiro atoms. The minimum atomic E-state index is -4.59. The van der Waals surface area contributed by atoms with Gasteiger partial charge in [-0.05, 0) is 23.3 Å². The second kappa shape index (κ2) is 7.94. The summed E-state index contributed by atoms with van der Waals surface area (Å²) in [6.45, 7) is 1.12. The van der Waals surface area contributed by atoms with Crippen LogP contribution in [0, 0.1) is 0 Å². The molecule has 1 unspecified atom stereocenters. The molecular formula is C17H16F3NO4S. The predicted molar refractivity (Wildman–Crippen MR) is 90.3 cm³/mol. The first kappa shape index (κ1) is 20.0. The van der Waals surface area contributed by atoms with E-state index >= 15 is 0 Å². The number of carbonyl (C=O) groups is 3. The number of hydrogen-bond donors (Lipinski definition) is 1. The molecule has 1 N–H and O–H groups in total. The Morgan fingerprint density at radius 2 is 1.92 bits per heavy atom. The minimum Gasteiger partial charge on any atom is -0.479 e. The highest BCUT2D eigenvalue weighted by Gasteiger charge is 2.38. The van der Waals surface area contributed by atoms with Crippen LogP contribution in [0.25, 0.3) is 5.57 Å². The second-order valence-corrected chi connectivity index (χ2v) is 6.90. The van der Waals surface area contributed by atoms with Crippen molar-refractivity contribution in [1.29, 1.82) is 0 Å². The lowest BCUT2D eigenvalue weighted by Crippen LogP contribution is -2.41. The van der Waals surface area contributed by atoms with E-state index in [0.29, 0.717) is 0 Å². The smallest absolute Gasteiger partial charge is 0.416 e. The van der Waals surface area contributed by atoms with Gasteiger partial charge in [0.25, 0.3) is 0 Å². The van der Waals surface area contributed by atoms with Crippen molar-refractivity contribution in [3.63, 3.8) is 0 Å². The number of alkyl halides is 3. The molecule has 1 aromatic carbocycles. The lowest BCUT2D eigenvalue weighted by Gasteiger charge is -2.22. The van der Waals surface area contributed by atoms with E-state index < -0.39 is 29.7 Å². The number of halogens is 3. The molecular weight excluding hydrogens is 371 g/mol. The first-order valence-electron chi connectivity index (χ1n) is 7.64. The van der Waals surface area contributed by atoms with Gasteiger partial charge in [0, 0.05) is 25.6 Å². The molecule has 0 bridgehead atoms. The highest BCUT2D eigenvalue weighted by atomic mass is 32.2. The molecule has 0 aliphatic carbocycles.